The maximum atomic E-state index is 13.4. The molecule has 2 atom stereocenters. The standard InChI is InChI=1S/C33H46N8O8/c1-20(2)27(35-17-6-18-48-25-14-12-24(13-15-25)41-32(46)39-40-33(41)47)29(43)38-26(7-5-16-36-31(34)45)28(42)37-23-10-8-22(9-11-23)19-49-30(44)21(3)4/h8-15,20-21,26-27,35H,5-7,16-19H2,1-4H3,(H,37,42)(H,38,43)(H,39,46)(H,40,47)(H3,34,36,45)/t26-,27?/m0/s1. The van der Waals surface area contributed by atoms with Crippen molar-refractivity contribution in [1.82, 2.24) is 30.7 Å². The lowest BCUT2D eigenvalue weighted by atomic mass is 10.0. The summed E-state index contributed by atoms with van der Waals surface area (Å²) in [5.41, 5.74) is 5.65. The second kappa shape index (κ2) is 18.8. The summed E-state index contributed by atoms with van der Waals surface area (Å²) in [6.07, 6.45) is 1.19. The minimum absolute atomic E-state index is 0.106. The molecule has 1 unspecified atom stereocenters. The van der Waals surface area contributed by atoms with Crippen molar-refractivity contribution in [2.45, 2.75) is 65.6 Å². The summed E-state index contributed by atoms with van der Waals surface area (Å²) >= 11 is 0. The van der Waals surface area contributed by atoms with Crippen molar-refractivity contribution in [2.75, 3.05) is 25.0 Å². The van der Waals surface area contributed by atoms with Crippen LogP contribution < -0.4 is 43.1 Å². The zero-order chi connectivity index (χ0) is 35.9. The van der Waals surface area contributed by atoms with Crippen LogP contribution in [0.3, 0.4) is 0 Å². The molecule has 0 aliphatic carbocycles. The van der Waals surface area contributed by atoms with Gasteiger partial charge in [-0.2, -0.15) is 0 Å². The van der Waals surface area contributed by atoms with Crippen LogP contribution in [0.25, 0.3) is 5.69 Å². The van der Waals surface area contributed by atoms with Crippen molar-refractivity contribution in [2.24, 2.45) is 17.6 Å². The zero-order valence-corrected chi connectivity index (χ0v) is 28.2. The number of nitrogens with two attached hydrogens (primary N) is 1. The van der Waals surface area contributed by atoms with Crippen LogP contribution in [0.15, 0.2) is 58.1 Å². The average molecular weight is 683 g/mol. The smallest absolute Gasteiger partial charge is 0.348 e. The van der Waals surface area contributed by atoms with Crippen LogP contribution in [0, 0.1) is 11.8 Å². The summed E-state index contributed by atoms with van der Waals surface area (Å²) in [6.45, 7) is 8.41. The van der Waals surface area contributed by atoms with Crippen LogP contribution in [0.2, 0.25) is 0 Å². The van der Waals surface area contributed by atoms with Crippen molar-refractivity contribution < 1.29 is 28.7 Å². The topological polar surface area (TPSA) is 232 Å². The molecule has 16 heteroatoms. The molecule has 0 spiro atoms. The van der Waals surface area contributed by atoms with Crippen molar-refractivity contribution in [1.29, 1.82) is 0 Å². The molecule has 4 amide bonds. The second-order valence-corrected chi connectivity index (χ2v) is 12.0. The highest BCUT2D eigenvalue weighted by Gasteiger charge is 2.27. The number of nitrogens with one attached hydrogen (secondary N) is 6. The lowest BCUT2D eigenvalue weighted by molar-refractivity contribution is -0.148. The van der Waals surface area contributed by atoms with Gasteiger partial charge in [-0.15, -0.1) is 0 Å². The molecule has 1 aromatic heterocycles. The molecule has 0 radical (unpaired) electrons. The van der Waals surface area contributed by atoms with Gasteiger partial charge in [0.1, 0.15) is 18.4 Å². The third kappa shape index (κ3) is 12.3. The fourth-order valence-corrected chi connectivity index (χ4v) is 4.67. The second-order valence-electron chi connectivity index (χ2n) is 12.0. The first-order valence-corrected chi connectivity index (χ1v) is 16.1. The predicted octanol–water partition coefficient (Wildman–Crippen LogP) is 1.51. The third-order valence-corrected chi connectivity index (χ3v) is 7.36. The Morgan fingerprint density at radius 1 is 0.857 bits per heavy atom. The van der Waals surface area contributed by atoms with Crippen LogP contribution in [-0.2, 0) is 25.7 Å². The lowest BCUT2D eigenvalue weighted by Crippen LogP contribution is -2.53. The number of urea groups is 1. The normalized spacial score (nSPS) is 12.3. The minimum atomic E-state index is -0.902. The molecule has 3 rings (SSSR count). The van der Waals surface area contributed by atoms with E-state index in [9.17, 15) is 28.8 Å². The molecule has 1 heterocycles. The first-order valence-electron chi connectivity index (χ1n) is 16.1. The number of benzene rings is 2. The molecule has 16 nitrogen and oxygen atoms in total. The van der Waals surface area contributed by atoms with E-state index in [2.05, 4.69) is 31.5 Å². The summed E-state index contributed by atoms with van der Waals surface area (Å²) in [7, 11) is 0. The van der Waals surface area contributed by atoms with Gasteiger partial charge >= 0.3 is 23.4 Å². The number of hydrogen-bond donors (Lipinski definition) is 7. The molecule has 0 saturated heterocycles. The van der Waals surface area contributed by atoms with E-state index in [1.807, 2.05) is 13.8 Å². The summed E-state index contributed by atoms with van der Waals surface area (Å²) in [4.78, 5) is 73.2. The number of rotatable bonds is 19. The molecule has 0 fully saturated rings. The number of primary amides is 1. The molecule has 3 aromatic rings. The SMILES string of the molecule is CC(C)C(=O)OCc1ccc(NC(=O)[C@H](CCCNC(N)=O)NC(=O)C(NCCCOc2ccc(-n3c(=O)[nH][nH]c3=O)cc2)C(C)C)cc1. The van der Waals surface area contributed by atoms with E-state index in [0.29, 0.717) is 43.1 Å². The van der Waals surface area contributed by atoms with E-state index in [4.69, 9.17) is 15.2 Å². The van der Waals surface area contributed by atoms with E-state index in [0.717, 1.165) is 10.1 Å². The first-order chi connectivity index (χ1) is 23.3. The van der Waals surface area contributed by atoms with Gasteiger partial charge in [0.05, 0.1) is 24.3 Å². The van der Waals surface area contributed by atoms with E-state index < -0.39 is 35.4 Å². The Bertz CT molecular complexity index is 1620. The number of H-pyrrole nitrogens is 2. The quantitative estimate of drug-likeness (QED) is 0.0716. The Kier molecular flexibility index (Phi) is 14.6. The van der Waals surface area contributed by atoms with Crippen molar-refractivity contribution in [3.8, 4) is 11.4 Å². The molecule has 0 aliphatic heterocycles. The number of carbonyl (C=O) groups is 4. The average Bonchev–Trinajstić information content (AvgIpc) is 3.40. The minimum Gasteiger partial charge on any atom is -0.494 e. The molecular formula is C33H46N8O8. The summed E-state index contributed by atoms with van der Waals surface area (Å²) in [5, 5.41) is 15.9. The number of nitrogens with zero attached hydrogens (tertiary/aromatic N) is 1. The van der Waals surface area contributed by atoms with Crippen LogP contribution in [0.5, 0.6) is 5.75 Å². The highest BCUT2D eigenvalue weighted by atomic mass is 16.5. The van der Waals surface area contributed by atoms with Gasteiger partial charge in [0, 0.05) is 12.2 Å². The van der Waals surface area contributed by atoms with Gasteiger partial charge in [-0.05, 0) is 73.7 Å². The molecule has 49 heavy (non-hydrogen) atoms. The fourth-order valence-electron chi connectivity index (χ4n) is 4.67. The number of aromatic nitrogens is 3. The van der Waals surface area contributed by atoms with Gasteiger partial charge in [-0.3, -0.25) is 14.4 Å². The third-order valence-electron chi connectivity index (χ3n) is 7.36. The molecule has 0 bridgehead atoms. The summed E-state index contributed by atoms with van der Waals surface area (Å²) in [5.74, 6) is -0.886. The van der Waals surface area contributed by atoms with Crippen molar-refractivity contribution >= 4 is 29.5 Å². The van der Waals surface area contributed by atoms with Gasteiger partial charge in [0.25, 0.3) is 0 Å². The van der Waals surface area contributed by atoms with Crippen molar-refractivity contribution in [3.63, 3.8) is 0 Å². The lowest BCUT2D eigenvalue weighted by Gasteiger charge is -2.25. The Balaban J connectivity index is 1.53. The van der Waals surface area contributed by atoms with E-state index >= 15 is 0 Å². The van der Waals surface area contributed by atoms with E-state index in [-0.39, 0.29) is 43.3 Å². The number of anilines is 1. The molecule has 8 N–H and O–H groups in total. The van der Waals surface area contributed by atoms with Crippen LogP contribution >= 0.6 is 0 Å². The largest absolute Gasteiger partial charge is 0.494 e. The summed E-state index contributed by atoms with van der Waals surface area (Å²) < 4.78 is 12.0. The monoisotopic (exact) mass is 682 g/mol. The number of hydrogen-bond acceptors (Lipinski definition) is 9. The molecular weight excluding hydrogens is 636 g/mol. The zero-order valence-electron chi connectivity index (χ0n) is 28.2. The predicted molar refractivity (Wildman–Crippen MR) is 182 cm³/mol. The maximum Gasteiger partial charge on any atom is 0.348 e. The highest BCUT2D eigenvalue weighted by Crippen LogP contribution is 2.15. The number of amides is 4. The van der Waals surface area contributed by atoms with Gasteiger partial charge < -0.3 is 36.5 Å². The molecule has 0 aliphatic rings. The Hall–Kier alpha value is -5.38. The molecule has 266 valence electrons. The van der Waals surface area contributed by atoms with Gasteiger partial charge in [-0.25, -0.2) is 29.1 Å². The molecule has 2 aromatic carbocycles. The summed E-state index contributed by atoms with van der Waals surface area (Å²) in [6, 6.07) is 11.1. The van der Waals surface area contributed by atoms with Gasteiger partial charge in [0.15, 0.2) is 0 Å². The van der Waals surface area contributed by atoms with Gasteiger partial charge in [-0.1, -0.05) is 39.8 Å². The Morgan fingerprint density at radius 3 is 2.10 bits per heavy atom. The van der Waals surface area contributed by atoms with E-state index in [1.165, 1.54) is 0 Å². The maximum absolute atomic E-state index is 13.4. The fraction of sp³-hybridized carbons (Fsp3) is 0.455. The first kappa shape index (κ1) is 38.1. The number of esters is 1. The Morgan fingerprint density at radius 2 is 1.51 bits per heavy atom. The number of ether oxygens (including phenoxy) is 2. The highest BCUT2D eigenvalue weighted by molar-refractivity contribution is 5.97. The molecule has 0 saturated carbocycles. The van der Waals surface area contributed by atoms with Crippen molar-refractivity contribution in [3.05, 3.63) is 75.1 Å². The van der Waals surface area contributed by atoms with Crippen LogP contribution in [0.1, 0.15) is 52.5 Å². The van der Waals surface area contributed by atoms with Crippen LogP contribution in [0.4, 0.5) is 10.5 Å². The van der Waals surface area contributed by atoms with E-state index in [1.54, 1.807) is 62.4 Å². The number of carbonyl (C=O) groups excluding carboxylic acids is 4. The number of aromatic amines is 2. The Labute approximate surface area is 283 Å². The van der Waals surface area contributed by atoms with Gasteiger partial charge in [0.2, 0.25) is 11.8 Å². The van der Waals surface area contributed by atoms with Crippen LogP contribution in [-0.4, -0.2) is 70.4 Å².